The van der Waals surface area contributed by atoms with Gasteiger partial charge in [0.05, 0.1) is 18.3 Å². The minimum Gasteiger partial charge on any atom is -0.384 e. The Labute approximate surface area is 144 Å². The maximum atomic E-state index is 12.9. The highest BCUT2D eigenvalue weighted by molar-refractivity contribution is 7.89. The standard InChI is InChI=1S/C17H26N2O4S/c1-3-19(16-9-5-4-6-10-16)17(20)15-8-7-11-18(14-15)24(21,22)13-12-23-2/h4-6,9-10,15H,3,7-8,11-14H2,1-2H3. The zero-order valence-corrected chi connectivity index (χ0v) is 15.2. The number of amides is 1. The zero-order valence-electron chi connectivity index (χ0n) is 14.3. The van der Waals surface area contributed by atoms with Gasteiger partial charge in [0.1, 0.15) is 0 Å². The molecule has 1 aromatic carbocycles. The average Bonchev–Trinajstić information content (AvgIpc) is 2.61. The first-order valence-electron chi connectivity index (χ1n) is 8.32. The van der Waals surface area contributed by atoms with E-state index in [4.69, 9.17) is 4.74 Å². The van der Waals surface area contributed by atoms with E-state index in [0.717, 1.165) is 12.1 Å². The molecule has 1 aliphatic rings. The Kier molecular flexibility index (Phi) is 6.77. The van der Waals surface area contributed by atoms with Crippen molar-refractivity contribution < 1.29 is 17.9 Å². The number of rotatable bonds is 7. The number of methoxy groups -OCH3 is 1. The van der Waals surface area contributed by atoms with Crippen LogP contribution in [-0.4, -0.2) is 57.7 Å². The van der Waals surface area contributed by atoms with Crippen LogP contribution in [0.3, 0.4) is 0 Å². The number of piperidine rings is 1. The Morgan fingerprint density at radius 1 is 1.33 bits per heavy atom. The van der Waals surface area contributed by atoms with Crippen LogP contribution in [-0.2, 0) is 19.6 Å². The summed E-state index contributed by atoms with van der Waals surface area (Å²) in [6.45, 7) is 3.40. The molecule has 1 fully saturated rings. The van der Waals surface area contributed by atoms with Gasteiger partial charge in [0.15, 0.2) is 0 Å². The second-order valence-corrected chi connectivity index (χ2v) is 8.01. The lowest BCUT2D eigenvalue weighted by Gasteiger charge is -2.34. The number of carbonyl (C=O) groups excluding carboxylic acids is 1. The SMILES string of the molecule is CCN(C(=O)C1CCCN(S(=O)(=O)CCOC)C1)c1ccccc1. The van der Waals surface area contributed by atoms with E-state index < -0.39 is 10.0 Å². The largest absolute Gasteiger partial charge is 0.384 e. The molecule has 1 heterocycles. The van der Waals surface area contributed by atoms with Gasteiger partial charge in [-0.2, -0.15) is 0 Å². The van der Waals surface area contributed by atoms with Crippen LogP contribution < -0.4 is 4.90 Å². The molecular formula is C17H26N2O4S. The van der Waals surface area contributed by atoms with Crippen LogP contribution in [0.15, 0.2) is 30.3 Å². The third-order valence-electron chi connectivity index (χ3n) is 4.32. The molecular weight excluding hydrogens is 328 g/mol. The molecule has 0 spiro atoms. The summed E-state index contributed by atoms with van der Waals surface area (Å²) in [6, 6.07) is 9.50. The minimum atomic E-state index is -3.37. The topological polar surface area (TPSA) is 66.9 Å². The molecule has 0 N–H and O–H groups in total. The summed E-state index contributed by atoms with van der Waals surface area (Å²) in [5.41, 5.74) is 0.851. The van der Waals surface area contributed by atoms with Gasteiger partial charge in [0.2, 0.25) is 15.9 Å². The maximum Gasteiger partial charge on any atom is 0.231 e. The van der Waals surface area contributed by atoms with Crippen molar-refractivity contribution in [1.29, 1.82) is 0 Å². The van der Waals surface area contributed by atoms with Crippen molar-refractivity contribution in [3.63, 3.8) is 0 Å². The van der Waals surface area contributed by atoms with Crippen molar-refractivity contribution in [3.8, 4) is 0 Å². The first-order chi connectivity index (χ1) is 11.5. The van der Waals surface area contributed by atoms with Crippen LogP contribution in [0.25, 0.3) is 0 Å². The van der Waals surface area contributed by atoms with Crippen molar-refractivity contribution in [2.24, 2.45) is 5.92 Å². The highest BCUT2D eigenvalue weighted by atomic mass is 32.2. The third-order valence-corrected chi connectivity index (χ3v) is 6.12. The molecule has 1 unspecified atom stereocenters. The first kappa shape index (κ1) is 18.9. The Morgan fingerprint density at radius 2 is 2.04 bits per heavy atom. The van der Waals surface area contributed by atoms with Gasteiger partial charge in [-0.25, -0.2) is 12.7 Å². The molecule has 1 aromatic rings. The monoisotopic (exact) mass is 354 g/mol. The van der Waals surface area contributed by atoms with Gasteiger partial charge in [-0.3, -0.25) is 4.79 Å². The average molecular weight is 354 g/mol. The second-order valence-electron chi connectivity index (χ2n) is 5.92. The Balaban J connectivity index is 2.09. The van der Waals surface area contributed by atoms with Crippen LogP contribution in [0.5, 0.6) is 0 Å². The van der Waals surface area contributed by atoms with E-state index in [1.807, 2.05) is 37.3 Å². The number of anilines is 1. The van der Waals surface area contributed by atoms with Crippen molar-refractivity contribution in [2.75, 3.05) is 44.0 Å². The number of hydrogen-bond acceptors (Lipinski definition) is 4. The maximum absolute atomic E-state index is 12.9. The molecule has 1 saturated heterocycles. The molecule has 0 aliphatic carbocycles. The number of ether oxygens (including phenoxy) is 1. The molecule has 1 aliphatic heterocycles. The fourth-order valence-electron chi connectivity index (χ4n) is 3.01. The quantitative estimate of drug-likeness (QED) is 0.748. The lowest BCUT2D eigenvalue weighted by atomic mass is 9.97. The van der Waals surface area contributed by atoms with E-state index in [0.29, 0.717) is 19.5 Å². The Hall–Kier alpha value is -1.44. The highest BCUT2D eigenvalue weighted by Gasteiger charge is 2.34. The molecule has 1 atom stereocenters. The van der Waals surface area contributed by atoms with E-state index in [-0.39, 0.29) is 30.7 Å². The predicted octanol–water partition coefficient (Wildman–Crippen LogP) is 1.73. The van der Waals surface area contributed by atoms with Crippen LogP contribution in [0.2, 0.25) is 0 Å². The molecule has 0 bridgehead atoms. The van der Waals surface area contributed by atoms with Crippen LogP contribution in [0, 0.1) is 5.92 Å². The highest BCUT2D eigenvalue weighted by Crippen LogP contribution is 2.24. The Morgan fingerprint density at radius 3 is 2.67 bits per heavy atom. The first-order valence-corrected chi connectivity index (χ1v) is 9.93. The van der Waals surface area contributed by atoms with Crippen LogP contribution in [0.4, 0.5) is 5.69 Å². The van der Waals surface area contributed by atoms with E-state index in [1.165, 1.54) is 11.4 Å². The van der Waals surface area contributed by atoms with E-state index in [9.17, 15) is 13.2 Å². The summed E-state index contributed by atoms with van der Waals surface area (Å²) >= 11 is 0. The predicted molar refractivity (Wildman–Crippen MR) is 94.4 cm³/mol. The summed E-state index contributed by atoms with van der Waals surface area (Å²) < 4.78 is 31.0. The van der Waals surface area contributed by atoms with Crippen LogP contribution in [0.1, 0.15) is 19.8 Å². The van der Waals surface area contributed by atoms with Crippen molar-refractivity contribution >= 4 is 21.6 Å². The van der Waals surface area contributed by atoms with Crippen molar-refractivity contribution in [2.45, 2.75) is 19.8 Å². The Bertz CT molecular complexity index is 633. The molecule has 0 radical (unpaired) electrons. The van der Waals surface area contributed by atoms with Gasteiger partial charge in [-0.15, -0.1) is 0 Å². The molecule has 6 nitrogen and oxygen atoms in total. The normalized spacial score (nSPS) is 19.2. The molecule has 2 rings (SSSR count). The van der Waals surface area contributed by atoms with Gasteiger partial charge in [-0.1, -0.05) is 18.2 Å². The molecule has 134 valence electrons. The molecule has 1 amide bonds. The third kappa shape index (κ3) is 4.55. The number of sulfonamides is 1. The lowest BCUT2D eigenvalue weighted by molar-refractivity contribution is -0.123. The van der Waals surface area contributed by atoms with Gasteiger partial charge in [0, 0.05) is 32.4 Å². The lowest BCUT2D eigenvalue weighted by Crippen LogP contribution is -2.47. The van der Waals surface area contributed by atoms with E-state index in [2.05, 4.69) is 0 Å². The fourth-order valence-corrected chi connectivity index (χ4v) is 4.46. The minimum absolute atomic E-state index is 0.00431. The van der Waals surface area contributed by atoms with Gasteiger partial charge >= 0.3 is 0 Å². The van der Waals surface area contributed by atoms with Crippen LogP contribution >= 0.6 is 0 Å². The number of para-hydroxylation sites is 1. The summed E-state index contributed by atoms with van der Waals surface area (Å²) in [5.74, 6) is -0.341. The molecule has 0 saturated carbocycles. The zero-order chi connectivity index (χ0) is 17.6. The van der Waals surface area contributed by atoms with Crippen molar-refractivity contribution in [3.05, 3.63) is 30.3 Å². The number of benzene rings is 1. The number of nitrogens with zero attached hydrogens (tertiary/aromatic N) is 2. The smallest absolute Gasteiger partial charge is 0.231 e. The molecule has 0 aromatic heterocycles. The fraction of sp³-hybridized carbons (Fsp3) is 0.588. The van der Waals surface area contributed by atoms with Gasteiger partial charge < -0.3 is 9.64 Å². The summed E-state index contributed by atoms with van der Waals surface area (Å²) in [7, 11) is -1.89. The number of hydrogen-bond donors (Lipinski definition) is 0. The summed E-state index contributed by atoms with van der Waals surface area (Å²) in [5, 5.41) is 0. The van der Waals surface area contributed by atoms with E-state index >= 15 is 0 Å². The second kappa shape index (κ2) is 8.60. The van der Waals surface area contributed by atoms with Gasteiger partial charge in [0.25, 0.3) is 0 Å². The summed E-state index contributed by atoms with van der Waals surface area (Å²) in [6.07, 6.45) is 1.42. The van der Waals surface area contributed by atoms with Gasteiger partial charge in [-0.05, 0) is 31.9 Å². The molecule has 7 heteroatoms. The van der Waals surface area contributed by atoms with E-state index in [1.54, 1.807) is 4.90 Å². The van der Waals surface area contributed by atoms with Crippen molar-refractivity contribution in [1.82, 2.24) is 4.31 Å². The summed E-state index contributed by atoms with van der Waals surface area (Å²) in [4.78, 5) is 14.6. The number of carbonyl (C=O) groups is 1. The molecule has 24 heavy (non-hydrogen) atoms.